The van der Waals surface area contributed by atoms with Gasteiger partial charge in [-0.25, -0.2) is 15.0 Å². The van der Waals surface area contributed by atoms with Gasteiger partial charge < -0.3 is 19.5 Å². The van der Waals surface area contributed by atoms with Crippen LogP contribution in [0.2, 0.25) is 0 Å². The molecule has 156 valence electrons. The molecule has 31 heavy (non-hydrogen) atoms. The van der Waals surface area contributed by atoms with Gasteiger partial charge in [0.2, 0.25) is 11.8 Å². The predicted molar refractivity (Wildman–Crippen MR) is 113 cm³/mol. The van der Waals surface area contributed by atoms with E-state index in [1.165, 1.54) is 0 Å². The van der Waals surface area contributed by atoms with Crippen LogP contribution in [-0.4, -0.2) is 43.7 Å². The largest absolute Gasteiger partial charge is 0.481 e. The number of aromatic nitrogens is 6. The average molecular weight is 416 g/mol. The highest BCUT2D eigenvalue weighted by atomic mass is 16.5. The van der Waals surface area contributed by atoms with Crippen molar-refractivity contribution in [3.05, 3.63) is 60.7 Å². The molecule has 1 N–H and O–H groups in total. The molecule has 5 rings (SSSR count). The smallest absolute Gasteiger partial charge is 0.231 e. The minimum Gasteiger partial charge on any atom is -0.481 e. The topological polar surface area (TPSA) is 115 Å². The van der Waals surface area contributed by atoms with Crippen LogP contribution >= 0.6 is 0 Å². The maximum atomic E-state index is 5.65. The number of hydrogen-bond acceptors (Lipinski definition) is 10. The van der Waals surface area contributed by atoms with E-state index >= 15 is 0 Å². The van der Waals surface area contributed by atoms with Crippen LogP contribution in [-0.2, 0) is 0 Å². The zero-order valence-electron chi connectivity index (χ0n) is 16.8. The molecule has 5 heterocycles. The van der Waals surface area contributed by atoms with Crippen molar-refractivity contribution in [3.63, 3.8) is 0 Å². The summed E-state index contributed by atoms with van der Waals surface area (Å²) in [6.45, 7) is 0.790. The van der Waals surface area contributed by atoms with Crippen LogP contribution in [0.25, 0.3) is 11.5 Å². The summed E-state index contributed by atoms with van der Waals surface area (Å²) in [4.78, 5) is 24.1. The lowest BCUT2D eigenvalue weighted by Gasteiger charge is -2.23. The molecule has 1 saturated heterocycles. The minimum atomic E-state index is -0.0419. The van der Waals surface area contributed by atoms with E-state index in [4.69, 9.17) is 14.2 Å². The van der Waals surface area contributed by atoms with Crippen LogP contribution in [0.1, 0.15) is 24.6 Å². The van der Waals surface area contributed by atoms with E-state index in [1.807, 2.05) is 24.3 Å². The Labute approximate surface area is 178 Å². The van der Waals surface area contributed by atoms with Crippen LogP contribution in [0.15, 0.2) is 59.5 Å². The molecule has 0 spiro atoms. The van der Waals surface area contributed by atoms with Gasteiger partial charge in [0.1, 0.15) is 11.6 Å². The first-order valence-electron chi connectivity index (χ1n) is 9.92. The molecule has 10 nitrogen and oxygen atoms in total. The van der Waals surface area contributed by atoms with Crippen molar-refractivity contribution >= 4 is 17.6 Å². The van der Waals surface area contributed by atoms with E-state index in [-0.39, 0.29) is 6.04 Å². The average Bonchev–Trinajstić information content (AvgIpc) is 3.50. The fraction of sp³-hybridized carbons (Fsp3) is 0.238. The molecule has 0 bridgehead atoms. The van der Waals surface area contributed by atoms with Gasteiger partial charge in [-0.15, -0.1) is 0 Å². The predicted octanol–water partition coefficient (Wildman–Crippen LogP) is 3.41. The number of pyridine rings is 1. The lowest BCUT2D eigenvalue weighted by molar-refractivity contribution is 0.361. The Kier molecular flexibility index (Phi) is 5.09. The van der Waals surface area contributed by atoms with Crippen LogP contribution in [0.3, 0.4) is 0 Å². The third kappa shape index (κ3) is 4.00. The summed E-state index contributed by atoms with van der Waals surface area (Å²) < 4.78 is 11.1. The summed E-state index contributed by atoms with van der Waals surface area (Å²) in [6.07, 6.45) is 6.95. The van der Waals surface area contributed by atoms with Gasteiger partial charge in [0.15, 0.2) is 17.3 Å². The van der Waals surface area contributed by atoms with E-state index in [9.17, 15) is 0 Å². The molecule has 0 aliphatic carbocycles. The summed E-state index contributed by atoms with van der Waals surface area (Å²) in [5.74, 6) is 3.56. The number of methoxy groups -OCH3 is 1. The maximum Gasteiger partial charge on any atom is 0.231 e. The minimum absolute atomic E-state index is 0.0419. The molecule has 0 amide bonds. The number of nitrogens with one attached hydrogen (secondary N) is 1. The Bertz CT molecular complexity index is 1150. The first-order valence-corrected chi connectivity index (χ1v) is 9.92. The Hall–Kier alpha value is -4.08. The van der Waals surface area contributed by atoms with Crippen LogP contribution in [0.4, 0.5) is 17.6 Å². The molecule has 4 aromatic rings. The summed E-state index contributed by atoms with van der Waals surface area (Å²) in [6, 6.07) is 11.0. The van der Waals surface area contributed by atoms with E-state index < -0.39 is 0 Å². The quantitative estimate of drug-likeness (QED) is 0.501. The Morgan fingerprint density at radius 1 is 1.03 bits per heavy atom. The van der Waals surface area contributed by atoms with Gasteiger partial charge in [0.05, 0.1) is 13.2 Å². The number of hydrogen-bond donors (Lipinski definition) is 1. The molecule has 4 aromatic heterocycles. The van der Waals surface area contributed by atoms with Gasteiger partial charge in [-0.2, -0.15) is 9.97 Å². The monoisotopic (exact) mass is 416 g/mol. The molecule has 0 radical (unpaired) electrons. The van der Waals surface area contributed by atoms with Gasteiger partial charge >= 0.3 is 0 Å². The second-order valence-electron chi connectivity index (χ2n) is 6.97. The first-order chi connectivity index (χ1) is 15.3. The van der Waals surface area contributed by atoms with Gasteiger partial charge in [-0.05, 0) is 31.0 Å². The molecular formula is C21H20N8O2. The summed E-state index contributed by atoms with van der Waals surface area (Å²) in [5.41, 5.74) is 0.603. The van der Waals surface area contributed by atoms with Crippen molar-refractivity contribution in [2.45, 2.75) is 18.9 Å². The van der Waals surface area contributed by atoms with Crippen molar-refractivity contribution in [1.29, 1.82) is 0 Å². The molecule has 0 saturated carbocycles. The fourth-order valence-electron chi connectivity index (χ4n) is 3.56. The van der Waals surface area contributed by atoms with E-state index in [1.54, 1.807) is 37.8 Å². The second-order valence-corrected chi connectivity index (χ2v) is 6.97. The normalized spacial score (nSPS) is 15.8. The zero-order valence-corrected chi connectivity index (χ0v) is 16.8. The molecule has 0 unspecified atom stereocenters. The standard InChI is InChI=1S/C21H20N8O2/c1-30-19-13-18(25-17-7-2-3-8-22-17)26-21(27-19)29-11-4-6-15(29)16-12-14(28-31-16)20-23-9-5-10-24-20/h2-3,5,7-10,12-13,15H,4,6,11H2,1H3,(H,22,25,26,27)/t15-/m0/s1. The number of rotatable bonds is 6. The van der Waals surface area contributed by atoms with Crippen molar-refractivity contribution in [2.24, 2.45) is 0 Å². The molecule has 1 aliphatic heterocycles. The van der Waals surface area contributed by atoms with Gasteiger partial charge in [-0.1, -0.05) is 11.2 Å². The van der Waals surface area contributed by atoms with Gasteiger partial charge in [-0.3, -0.25) is 0 Å². The Morgan fingerprint density at radius 3 is 2.71 bits per heavy atom. The highest BCUT2D eigenvalue weighted by molar-refractivity contribution is 5.56. The lowest BCUT2D eigenvalue weighted by Crippen LogP contribution is -2.24. The molecule has 10 heteroatoms. The number of ether oxygens (including phenoxy) is 1. The van der Waals surface area contributed by atoms with Crippen LogP contribution in [0.5, 0.6) is 5.88 Å². The van der Waals surface area contributed by atoms with Crippen molar-refractivity contribution in [2.75, 3.05) is 23.9 Å². The molecule has 0 aromatic carbocycles. The molecule has 1 atom stereocenters. The second kappa shape index (κ2) is 8.34. The zero-order chi connectivity index (χ0) is 21.0. The first kappa shape index (κ1) is 18.9. The van der Waals surface area contributed by atoms with Crippen molar-refractivity contribution in [3.8, 4) is 17.4 Å². The summed E-state index contributed by atoms with van der Waals surface area (Å²) >= 11 is 0. The van der Waals surface area contributed by atoms with Gasteiger partial charge in [0.25, 0.3) is 0 Å². The SMILES string of the molecule is COc1cc(Nc2ccccn2)nc(N2CCC[C@H]2c2cc(-c3ncccn3)no2)n1. The van der Waals surface area contributed by atoms with E-state index in [0.717, 1.165) is 25.1 Å². The Morgan fingerprint density at radius 2 is 1.90 bits per heavy atom. The van der Waals surface area contributed by atoms with Crippen LogP contribution in [0, 0.1) is 0 Å². The number of anilines is 3. The third-order valence-electron chi connectivity index (χ3n) is 4.98. The van der Waals surface area contributed by atoms with Gasteiger partial charge in [0, 0.05) is 37.3 Å². The van der Waals surface area contributed by atoms with Crippen molar-refractivity contribution in [1.82, 2.24) is 30.1 Å². The summed E-state index contributed by atoms with van der Waals surface area (Å²) in [5, 5.41) is 7.35. The molecule has 1 aliphatic rings. The number of nitrogens with zero attached hydrogens (tertiary/aromatic N) is 7. The summed E-state index contributed by atoms with van der Waals surface area (Å²) in [7, 11) is 1.58. The van der Waals surface area contributed by atoms with E-state index in [2.05, 4.69) is 35.3 Å². The fourth-order valence-corrected chi connectivity index (χ4v) is 3.56. The van der Waals surface area contributed by atoms with Crippen molar-refractivity contribution < 1.29 is 9.26 Å². The lowest BCUT2D eigenvalue weighted by atomic mass is 10.1. The van der Waals surface area contributed by atoms with E-state index in [0.29, 0.717) is 35.0 Å². The Balaban J connectivity index is 1.44. The molecular weight excluding hydrogens is 396 g/mol. The highest BCUT2D eigenvalue weighted by Crippen LogP contribution is 2.36. The maximum absolute atomic E-state index is 5.65. The third-order valence-corrected chi connectivity index (χ3v) is 4.98. The molecule has 1 fully saturated rings. The van der Waals surface area contributed by atoms with Crippen LogP contribution < -0.4 is 15.0 Å². The highest BCUT2D eigenvalue weighted by Gasteiger charge is 2.32.